The van der Waals surface area contributed by atoms with E-state index >= 15 is 0 Å². The first-order valence-electron chi connectivity index (χ1n) is 4.93. The van der Waals surface area contributed by atoms with E-state index in [1.54, 1.807) is 7.11 Å². The van der Waals surface area contributed by atoms with Gasteiger partial charge in [0.05, 0.1) is 25.3 Å². The molecule has 2 N–H and O–H groups in total. The predicted molar refractivity (Wildman–Crippen MR) is 53.2 cm³/mol. The van der Waals surface area contributed by atoms with Crippen LogP contribution in [0.4, 0.5) is 0 Å². The number of hydrogen-bond acceptors (Lipinski definition) is 5. The minimum absolute atomic E-state index is 0.0304. The average Bonchev–Trinajstić information content (AvgIpc) is 2.75. The van der Waals surface area contributed by atoms with Crippen LogP contribution in [0.3, 0.4) is 0 Å². The number of nitrogens with zero attached hydrogens (tertiary/aromatic N) is 2. The lowest BCUT2D eigenvalue weighted by Gasteiger charge is -2.34. The van der Waals surface area contributed by atoms with E-state index in [4.69, 9.17) is 15.2 Å². The van der Waals surface area contributed by atoms with Crippen molar-refractivity contribution in [1.29, 1.82) is 0 Å². The third-order valence-electron chi connectivity index (χ3n) is 2.99. The van der Waals surface area contributed by atoms with Crippen LogP contribution < -0.4 is 5.73 Å². The Morgan fingerprint density at radius 3 is 3.21 bits per heavy atom. The lowest BCUT2D eigenvalue weighted by Crippen LogP contribution is -2.53. The summed E-state index contributed by atoms with van der Waals surface area (Å²) in [5, 5.41) is 0. The molecule has 0 aromatic heterocycles. The standard InChI is InChI=1S/C9H17N3O2/c1-13-5-3-12-8(10)11-6-9(12)2-4-14-7-9/h2-7H2,1H3,(H2,10,11). The highest BCUT2D eigenvalue weighted by Gasteiger charge is 2.44. The van der Waals surface area contributed by atoms with E-state index in [1.165, 1.54) is 0 Å². The molecule has 0 aromatic rings. The zero-order valence-electron chi connectivity index (χ0n) is 8.53. The lowest BCUT2D eigenvalue weighted by molar-refractivity contribution is 0.106. The Hall–Kier alpha value is -0.810. The van der Waals surface area contributed by atoms with E-state index in [0.29, 0.717) is 12.6 Å². The van der Waals surface area contributed by atoms with E-state index in [0.717, 1.165) is 32.7 Å². The molecule has 0 amide bonds. The molecule has 1 spiro atoms. The maximum absolute atomic E-state index is 5.84. The highest BCUT2D eigenvalue weighted by Crippen LogP contribution is 2.30. The fraction of sp³-hybridized carbons (Fsp3) is 0.889. The summed E-state index contributed by atoms with van der Waals surface area (Å²) in [6, 6.07) is 0. The Balaban J connectivity index is 2.04. The second-order valence-corrected chi connectivity index (χ2v) is 3.85. The Morgan fingerprint density at radius 2 is 2.57 bits per heavy atom. The van der Waals surface area contributed by atoms with Gasteiger partial charge in [0.25, 0.3) is 0 Å². The van der Waals surface area contributed by atoms with Crippen molar-refractivity contribution in [2.24, 2.45) is 10.7 Å². The third kappa shape index (κ3) is 1.46. The van der Waals surface area contributed by atoms with Crippen LogP contribution in [-0.2, 0) is 9.47 Å². The SMILES string of the molecule is COCCN1C(N)=NCC12CCOC2. The Labute approximate surface area is 83.9 Å². The van der Waals surface area contributed by atoms with E-state index in [-0.39, 0.29) is 5.54 Å². The predicted octanol–water partition coefficient (Wildman–Crippen LogP) is -0.578. The molecule has 14 heavy (non-hydrogen) atoms. The molecular weight excluding hydrogens is 182 g/mol. The number of guanidine groups is 1. The number of methoxy groups -OCH3 is 1. The van der Waals surface area contributed by atoms with Crippen LogP contribution in [0.2, 0.25) is 0 Å². The second kappa shape index (κ2) is 3.74. The van der Waals surface area contributed by atoms with Crippen LogP contribution in [0.25, 0.3) is 0 Å². The molecule has 5 nitrogen and oxygen atoms in total. The zero-order valence-corrected chi connectivity index (χ0v) is 8.53. The lowest BCUT2D eigenvalue weighted by atomic mass is 9.98. The number of aliphatic imine (C=N–C) groups is 1. The molecule has 0 saturated carbocycles. The van der Waals surface area contributed by atoms with Crippen molar-refractivity contribution >= 4 is 5.96 Å². The summed E-state index contributed by atoms with van der Waals surface area (Å²) in [7, 11) is 1.70. The third-order valence-corrected chi connectivity index (χ3v) is 2.99. The van der Waals surface area contributed by atoms with Crippen LogP contribution >= 0.6 is 0 Å². The topological polar surface area (TPSA) is 60.1 Å². The number of rotatable bonds is 3. The van der Waals surface area contributed by atoms with Crippen molar-refractivity contribution < 1.29 is 9.47 Å². The first-order valence-corrected chi connectivity index (χ1v) is 4.93. The largest absolute Gasteiger partial charge is 0.383 e. The van der Waals surface area contributed by atoms with Crippen LogP contribution in [0.15, 0.2) is 4.99 Å². The van der Waals surface area contributed by atoms with Crippen molar-refractivity contribution in [2.75, 3.05) is 40.0 Å². The minimum atomic E-state index is 0.0304. The first kappa shape index (κ1) is 9.73. The minimum Gasteiger partial charge on any atom is -0.383 e. The number of nitrogens with two attached hydrogens (primary N) is 1. The summed E-state index contributed by atoms with van der Waals surface area (Å²) in [5.74, 6) is 0.632. The van der Waals surface area contributed by atoms with Crippen LogP contribution in [0.5, 0.6) is 0 Å². The maximum atomic E-state index is 5.84. The van der Waals surface area contributed by atoms with Gasteiger partial charge in [0.1, 0.15) is 0 Å². The molecule has 1 unspecified atom stereocenters. The van der Waals surface area contributed by atoms with Gasteiger partial charge in [-0.15, -0.1) is 0 Å². The normalized spacial score (nSPS) is 31.5. The van der Waals surface area contributed by atoms with E-state index in [9.17, 15) is 0 Å². The van der Waals surface area contributed by atoms with Gasteiger partial charge >= 0.3 is 0 Å². The molecule has 0 radical (unpaired) electrons. The Kier molecular flexibility index (Phi) is 2.60. The van der Waals surface area contributed by atoms with Gasteiger partial charge in [-0.2, -0.15) is 0 Å². The van der Waals surface area contributed by atoms with Crippen LogP contribution in [0.1, 0.15) is 6.42 Å². The average molecular weight is 199 g/mol. The molecule has 2 heterocycles. The summed E-state index contributed by atoms with van der Waals surface area (Å²) in [5.41, 5.74) is 5.87. The summed E-state index contributed by atoms with van der Waals surface area (Å²) in [6.07, 6.45) is 1.01. The molecule has 1 saturated heterocycles. The Bertz CT molecular complexity index is 236. The molecule has 80 valence electrons. The highest BCUT2D eigenvalue weighted by molar-refractivity contribution is 5.81. The number of hydrogen-bond donors (Lipinski definition) is 1. The fourth-order valence-corrected chi connectivity index (χ4v) is 2.11. The molecule has 2 aliphatic heterocycles. The number of ether oxygens (including phenoxy) is 2. The first-order chi connectivity index (χ1) is 6.78. The van der Waals surface area contributed by atoms with Crippen LogP contribution in [-0.4, -0.2) is 56.4 Å². The van der Waals surface area contributed by atoms with Gasteiger partial charge in [0.15, 0.2) is 5.96 Å². The van der Waals surface area contributed by atoms with Gasteiger partial charge in [-0.25, -0.2) is 0 Å². The van der Waals surface area contributed by atoms with Crippen molar-refractivity contribution in [3.05, 3.63) is 0 Å². The molecule has 0 bridgehead atoms. The zero-order chi connectivity index (χ0) is 10.0. The highest BCUT2D eigenvalue weighted by atomic mass is 16.5. The maximum Gasteiger partial charge on any atom is 0.192 e. The van der Waals surface area contributed by atoms with Gasteiger partial charge in [-0.3, -0.25) is 4.99 Å². The quantitative estimate of drug-likeness (QED) is 0.661. The van der Waals surface area contributed by atoms with E-state index in [2.05, 4.69) is 9.89 Å². The monoisotopic (exact) mass is 199 g/mol. The van der Waals surface area contributed by atoms with Crippen molar-refractivity contribution in [1.82, 2.24) is 4.90 Å². The molecule has 5 heteroatoms. The molecule has 1 fully saturated rings. The van der Waals surface area contributed by atoms with Gasteiger partial charge in [-0.1, -0.05) is 0 Å². The second-order valence-electron chi connectivity index (χ2n) is 3.85. The van der Waals surface area contributed by atoms with E-state index in [1.807, 2.05) is 0 Å². The van der Waals surface area contributed by atoms with Crippen LogP contribution in [0, 0.1) is 0 Å². The molecule has 1 atom stereocenters. The molecule has 2 rings (SSSR count). The van der Waals surface area contributed by atoms with Crippen molar-refractivity contribution in [3.8, 4) is 0 Å². The van der Waals surface area contributed by atoms with Crippen molar-refractivity contribution in [3.63, 3.8) is 0 Å². The molecule has 2 aliphatic rings. The summed E-state index contributed by atoms with van der Waals surface area (Å²) < 4.78 is 10.5. The van der Waals surface area contributed by atoms with Gasteiger partial charge in [0.2, 0.25) is 0 Å². The molecule has 0 aliphatic carbocycles. The smallest absolute Gasteiger partial charge is 0.192 e. The Morgan fingerprint density at radius 1 is 1.71 bits per heavy atom. The van der Waals surface area contributed by atoms with Gasteiger partial charge in [0, 0.05) is 20.3 Å². The molecule has 0 aromatic carbocycles. The summed E-state index contributed by atoms with van der Waals surface area (Å²) in [4.78, 5) is 6.42. The fourth-order valence-electron chi connectivity index (χ4n) is 2.11. The van der Waals surface area contributed by atoms with Crippen molar-refractivity contribution in [2.45, 2.75) is 12.0 Å². The van der Waals surface area contributed by atoms with E-state index < -0.39 is 0 Å². The molecular formula is C9H17N3O2. The summed E-state index contributed by atoms with van der Waals surface area (Å²) >= 11 is 0. The van der Waals surface area contributed by atoms with Gasteiger partial charge in [-0.05, 0) is 6.42 Å². The summed E-state index contributed by atoms with van der Waals surface area (Å²) in [6.45, 7) is 3.79. The van der Waals surface area contributed by atoms with Gasteiger partial charge < -0.3 is 20.1 Å².